The standard InChI is InChI=1S/C9H9N2O2/c10-8(12)7(9(11)13)6-4-2-1-3-5-6/h1-5,7,10H,(H2,11,13). The van der Waals surface area contributed by atoms with Crippen LogP contribution in [0.4, 0.5) is 0 Å². The molecule has 0 saturated heterocycles. The second kappa shape index (κ2) is 3.71. The fourth-order valence-corrected chi connectivity index (χ4v) is 1.09. The monoisotopic (exact) mass is 177 g/mol. The van der Waals surface area contributed by atoms with Crippen LogP contribution < -0.4 is 11.5 Å². The van der Waals surface area contributed by atoms with E-state index in [0.717, 1.165) is 0 Å². The van der Waals surface area contributed by atoms with Crippen molar-refractivity contribution in [3.8, 4) is 0 Å². The molecular formula is C9H9N2O2. The number of benzene rings is 1. The van der Waals surface area contributed by atoms with Gasteiger partial charge in [-0.1, -0.05) is 30.3 Å². The van der Waals surface area contributed by atoms with E-state index < -0.39 is 17.7 Å². The minimum Gasteiger partial charge on any atom is -0.369 e. The van der Waals surface area contributed by atoms with E-state index in [4.69, 9.17) is 11.5 Å². The zero-order valence-corrected chi connectivity index (χ0v) is 6.86. The van der Waals surface area contributed by atoms with Crippen molar-refractivity contribution in [1.82, 2.24) is 5.73 Å². The molecule has 0 heterocycles. The maximum atomic E-state index is 10.8. The largest absolute Gasteiger partial charge is 0.369 e. The first kappa shape index (κ1) is 9.25. The van der Waals surface area contributed by atoms with Gasteiger partial charge in [0.15, 0.2) is 0 Å². The second-order valence-electron chi connectivity index (χ2n) is 2.61. The van der Waals surface area contributed by atoms with Crippen LogP contribution in [0.2, 0.25) is 0 Å². The molecule has 1 radical (unpaired) electrons. The van der Waals surface area contributed by atoms with Crippen molar-refractivity contribution in [2.75, 3.05) is 0 Å². The lowest BCUT2D eigenvalue weighted by Gasteiger charge is -2.07. The molecule has 0 saturated carbocycles. The Labute approximate surface area is 75.5 Å². The average molecular weight is 177 g/mol. The smallest absolute Gasteiger partial charge is 0.255 e. The lowest BCUT2D eigenvalue weighted by atomic mass is 9.98. The molecule has 4 heteroatoms. The molecule has 1 aromatic rings. The zero-order chi connectivity index (χ0) is 9.84. The molecular weight excluding hydrogens is 168 g/mol. The molecule has 2 amide bonds. The van der Waals surface area contributed by atoms with Gasteiger partial charge in [0.25, 0.3) is 5.91 Å². The van der Waals surface area contributed by atoms with Gasteiger partial charge in [-0.25, -0.2) is 0 Å². The van der Waals surface area contributed by atoms with Gasteiger partial charge >= 0.3 is 0 Å². The molecule has 4 nitrogen and oxygen atoms in total. The van der Waals surface area contributed by atoms with Crippen LogP contribution in [-0.4, -0.2) is 11.8 Å². The molecule has 3 N–H and O–H groups in total. The number of nitrogens with two attached hydrogens (primary N) is 1. The molecule has 0 fully saturated rings. The third-order valence-electron chi connectivity index (χ3n) is 1.68. The van der Waals surface area contributed by atoms with E-state index in [1.807, 2.05) is 0 Å². The van der Waals surface area contributed by atoms with Crippen LogP contribution in [0.3, 0.4) is 0 Å². The van der Waals surface area contributed by atoms with Crippen LogP contribution in [0.25, 0.3) is 0 Å². The topological polar surface area (TPSA) is 84.0 Å². The molecule has 0 spiro atoms. The van der Waals surface area contributed by atoms with Gasteiger partial charge in [-0.3, -0.25) is 15.3 Å². The third kappa shape index (κ3) is 2.05. The summed E-state index contributed by atoms with van der Waals surface area (Å²) >= 11 is 0. The van der Waals surface area contributed by atoms with Crippen molar-refractivity contribution in [2.45, 2.75) is 5.92 Å². The maximum Gasteiger partial charge on any atom is 0.255 e. The van der Waals surface area contributed by atoms with Gasteiger partial charge in [0.2, 0.25) is 5.91 Å². The predicted molar refractivity (Wildman–Crippen MR) is 46.5 cm³/mol. The summed E-state index contributed by atoms with van der Waals surface area (Å²) in [5, 5.41) is 0. The average Bonchev–Trinajstić information content (AvgIpc) is 2.04. The normalized spacial score (nSPS) is 9.92. The van der Waals surface area contributed by atoms with E-state index in [9.17, 15) is 9.59 Å². The van der Waals surface area contributed by atoms with E-state index in [2.05, 4.69) is 0 Å². The summed E-state index contributed by atoms with van der Waals surface area (Å²) in [7, 11) is 0. The molecule has 13 heavy (non-hydrogen) atoms. The Bertz CT molecular complexity index is 308. The molecule has 1 aromatic carbocycles. The Morgan fingerprint density at radius 2 is 1.77 bits per heavy atom. The summed E-state index contributed by atoms with van der Waals surface area (Å²) in [6.07, 6.45) is 0. The van der Waals surface area contributed by atoms with Crippen molar-refractivity contribution in [2.24, 2.45) is 5.73 Å². The van der Waals surface area contributed by atoms with Crippen LogP contribution in [0.15, 0.2) is 30.3 Å². The quantitative estimate of drug-likeness (QED) is 0.662. The van der Waals surface area contributed by atoms with Gasteiger partial charge in [-0.15, -0.1) is 0 Å². The summed E-state index contributed by atoms with van der Waals surface area (Å²) in [5.74, 6) is -2.90. The minimum atomic E-state index is -1.14. The van der Waals surface area contributed by atoms with Gasteiger partial charge in [-0.2, -0.15) is 0 Å². The van der Waals surface area contributed by atoms with Crippen molar-refractivity contribution in [3.63, 3.8) is 0 Å². The van der Waals surface area contributed by atoms with Crippen LogP contribution in [-0.2, 0) is 9.59 Å². The Balaban J connectivity index is 3.03. The van der Waals surface area contributed by atoms with Crippen molar-refractivity contribution >= 4 is 11.8 Å². The van der Waals surface area contributed by atoms with E-state index in [1.54, 1.807) is 30.3 Å². The molecule has 0 bridgehead atoms. The van der Waals surface area contributed by atoms with Crippen molar-refractivity contribution < 1.29 is 9.59 Å². The molecule has 67 valence electrons. The summed E-state index contributed by atoms with van der Waals surface area (Å²) in [6.45, 7) is 0. The first-order valence-corrected chi connectivity index (χ1v) is 3.72. The summed E-state index contributed by atoms with van der Waals surface area (Å²) < 4.78 is 0. The van der Waals surface area contributed by atoms with Gasteiger partial charge in [-0.05, 0) is 5.56 Å². The van der Waals surface area contributed by atoms with Crippen LogP contribution in [0.5, 0.6) is 0 Å². The van der Waals surface area contributed by atoms with E-state index >= 15 is 0 Å². The molecule has 1 rings (SSSR count). The minimum absolute atomic E-state index is 0.468. The zero-order valence-electron chi connectivity index (χ0n) is 6.86. The fourth-order valence-electron chi connectivity index (χ4n) is 1.09. The summed E-state index contributed by atoms with van der Waals surface area (Å²) in [6, 6.07) is 8.34. The lowest BCUT2D eigenvalue weighted by Crippen LogP contribution is -2.28. The molecule has 0 aliphatic rings. The highest BCUT2D eigenvalue weighted by Crippen LogP contribution is 2.14. The number of hydrogen-bond donors (Lipinski definition) is 1. The second-order valence-corrected chi connectivity index (χ2v) is 2.61. The Hall–Kier alpha value is -1.84. The van der Waals surface area contributed by atoms with Crippen LogP contribution >= 0.6 is 0 Å². The fraction of sp³-hybridized carbons (Fsp3) is 0.111. The number of amides is 2. The van der Waals surface area contributed by atoms with E-state index in [0.29, 0.717) is 5.56 Å². The first-order valence-electron chi connectivity index (χ1n) is 3.72. The number of hydrogen-bond acceptors (Lipinski definition) is 2. The Morgan fingerprint density at radius 1 is 1.23 bits per heavy atom. The van der Waals surface area contributed by atoms with Crippen molar-refractivity contribution in [1.29, 1.82) is 0 Å². The van der Waals surface area contributed by atoms with Gasteiger partial charge < -0.3 is 5.73 Å². The SMILES string of the molecule is [NH]C(=O)C(C(N)=O)c1ccccc1. The summed E-state index contributed by atoms with van der Waals surface area (Å²) in [4.78, 5) is 21.6. The Kier molecular flexibility index (Phi) is 2.64. The van der Waals surface area contributed by atoms with Gasteiger partial charge in [0.1, 0.15) is 5.92 Å². The molecule has 1 unspecified atom stereocenters. The predicted octanol–water partition coefficient (Wildman–Crippen LogP) is 0.0650. The maximum absolute atomic E-state index is 10.8. The highest BCUT2D eigenvalue weighted by atomic mass is 16.2. The highest BCUT2D eigenvalue weighted by molar-refractivity contribution is 6.03. The van der Waals surface area contributed by atoms with Crippen LogP contribution in [0.1, 0.15) is 11.5 Å². The third-order valence-corrected chi connectivity index (χ3v) is 1.68. The molecule has 0 aliphatic carbocycles. The number of nitrogens with one attached hydrogen (secondary N) is 1. The lowest BCUT2D eigenvalue weighted by molar-refractivity contribution is -0.128. The Morgan fingerprint density at radius 3 is 2.15 bits per heavy atom. The molecule has 0 aromatic heterocycles. The first-order chi connectivity index (χ1) is 6.13. The van der Waals surface area contributed by atoms with Gasteiger partial charge in [0, 0.05) is 0 Å². The van der Waals surface area contributed by atoms with Crippen LogP contribution in [0, 0.1) is 0 Å². The number of carbonyl (C=O) groups excluding carboxylic acids is 2. The van der Waals surface area contributed by atoms with E-state index in [-0.39, 0.29) is 0 Å². The number of primary amides is 1. The highest BCUT2D eigenvalue weighted by Gasteiger charge is 2.23. The van der Waals surface area contributed by atoms with Gasteiger partial charge in [0.05, 0.1) is 0 Å². The summed E-state index contributed by atoms with van der Waals surface area (Å²) in [5.41, 5.74) is 12.3. The number of carbonyl (C=O) groups is 2. The number of rotatable bonds is 3. The van der Waals surface area contributed by atoms with Crippen molar-refractivity contribution in [3.05, 3.63) is 35.9 Å². The van der Waals surface area contributed by atoms with E-state index in [1.165, 1.54) is 0 Å². The molecule has 1 atom stereocenters. The molecule has 0 aliphatic heterocycles.